The molecule has 1 nitrogen and oxygen atoms in total. The van der Waals surface area contributed by atoms with Gasteiger partial charge >= 0.3 is 49.4 Å². The van der Waals surface area contributed by atoms with Gasteiger partial charge in [-0.05, 0) is 43.3 Å². The van der Waals surface area contributed by atoms with Crippen molar-refractivity contribution in [3.8, 4) is 0 Å². The molecule has 0 amide bonds. The quantitative estimate of drug-likeness (QED) is 0.0502. The van der Waals surface area contributed by atoms with Gasteiger partial charge in [0.25, 0.3) is 0 Å². The molecule has 0 radical (unpaired) electrons. The van der Waals surface area contributed by atoms with Crippen molar-refractivity contribution in [2.45, 2.75) is 61.2 Å². The molecule has 410 valence electrons. The fourth-order valence-corrected chi connectivity index (χ4v) is 10.0. The molecule has 0 saturated heterocycles. The molecule has 76 heavy (non-hydrogen) atoms. The second kappa shape index (κ2) is 21.5. The Morgan fingerprint density at radius 1 is 0.382 bits per heavy atom. The molecule has 0 fully saturated rings. The van der Waals surface area contributed by atoms with Crippen molar-refractivity contribution in [2.24, 2.45) is 0 Å². The van der Waals surface area contributed by atoms with Crippen LogP contribution < -0.4 is 21.9 Å². The lowest BCUT2D eigenvalue weighted by atomic mass is 9.12. The van der Waals surface area contributed by atoms with Crippen molar-refractivity contribution in [2.75, 3.05) is 10.8 Å². The number of carbonyl (C=O) groups is 1. The van der Waals surface area contributed by atoms with Crippen LogP contribution in [0.15, 0.2) is 132 Å². The van der Waals surface area contributed by atoms with Crippen LogP contribution in [-0.4, -0.2) is 22.8 Å². The molecule has 0 aliphatic heterocycles. The van der Waals surface area contributed by atoms with Crippen LogP contribution >= 0.6 is 12.6 Å². The van der Waals surface area contributed by atoms with Gasteiger partial charge in [-0.15, -0.1) is 12.6 Å². The molecular formula is C48H29BF24OS2. The van der Waals surface area contributed by atoms with Crippen molar-refractivity contribution in [1.29, 1.82) is 0 Å². The number of rotatable bonds is 9. The number of hydrogen-bond acceptors (Lipinski definition) is 2. The molecule has 1 atom stereocenters. The third-order valence-electron chi connectivity index (χ3n) is 11.4. The van der Waals surface area contributed by atoms with Crippen molar-refractivity contribution >= 4 is 57.3 Å². The van der Waals surface area contributed by atoms with Crippen LogP contribution in [0.2, 0.25) is 0 Å². The number of Topliss-reactive ketones (excluding diaryl/α,β-unsaturated/α-hetero) is 1. The first-order valence-corrected chi connectivity index (χ1v) is 23.0. The highest BCUT2D eigenvalue weighted by Gasteiger charge is 2.47. The van der Waals surface area contributed by atoms with Crippen molar-refractivity contribution in [3.63, 3.8) is 0 Å². The van der Waals surface area contributed by atoms with Crippen LogP contribution in [0.25, 0.3) is 0 Å². The van der Waals surface area contributed by atoms with E-state index in [0.717, 1.165) is 5.56 Å². The van der Waals surface area contributed by atoms with Crippen LogP contribution in [0.1, 0.15) is 60.4 Å². The first kappa shape index (κ1) is 60.9. The molecule has 0 spiro atoms. The van der Waals surface area contributed by atoms with Gasteiger partial charge in [-0.2, -0.15) is 127 Å². The summed E-state index contributed by atoms with van der Waals surface area (Å²) >= 11 is 4.40. The summed E-state index contributed by atoms with van der Waals surface area (Å²) in [6.07, 6.45) is -54.8. The molecule has 0 saturated carbocycles. The third kappa shape index (κ3) is 14.4. The van der Waals surface area contributed by atoms with Crippen LogP contribution in [0.4, 0.5) is 105 Å². The van der Waals surface area contributed by atoms with Gasteiger partial charge in [-0.25, -0.2) is 0 Å². The van der Waals surface area contributed by atoms with E-state index >= 15 is 0 Å². The molecule has 6 aromatic carbocycles. The van der Waals surface area contributed by atoms with E-state index in [-0.39, 0.29) is 16.7 Å². The van der Waals surface area contributed by atoms with E-state index < -0.39 is 195 Å². The summed E-state index contributed by atoms with van der Waals surface area (Å²) < 4.78 is 341. The Bertz CT molecular complexity index is 2580. The Kier molecular flexibility index (Phi) is 17.2. The predicted octanol–water partition coefficient (Wildman–Crippen LogP) is 15.0. The third-order valence-corrected chi connectivity index (χ3v) is 14.1. The molecule has 0 aliphatic carbocycles. The number of alkyl halides is 24. The minimum atomic E-state index is -6.13. The van der Waals surface area contributed by atoms with E-state index in [0.29, 0.717) is 10.8 Å². The number of thiol groups is 1. The van der Waals surface area contributed by atoms with E-state index in [1.807, 2.05) is 30.3 Å². The fourth-order valence-electron chi connectivity index (χ4n) is 7.87. The van der Waals surface area contributed by atoms with Crippen molar-refractivity contribution in [3.05, 3.63) is 183 Å². The van der Waals surface area contributed by atoms with Gasteiger partial charge in [0.1, 0.15) is 6.15 Å². The molecule has 0 heterocycles. The minimum absolute atomic E-state index is 0.119. The molecule has 0 aliphatic rings. The maximum absolute atomic E-state index is 14.2. The SMILES string of the molecule is Cc1ccc([S+](CS)CC(=O)c2ccccc2)cc1.FC(F)(F)c1cc([B-](c2cc(C(F)(F)F)cc(C(F)(F)F)c2)(c2cc(C(F)(F)F)cc(C(F)(F)F)c2)c2cc(C(F)(F)F)cc(C(F)(F)F)c2)cc(C(F)(F)F)c1. The number of halogens is 24. The van der Waals surface area contributed by atoms with E-state index in [4.69, 9.17) is 0 Å². The topological polar surface area (TPSA) is 17.1 Å². The van der Waals surface area contributed by atoms with Gasteiger partial charge in [0.15, 0.2) is 15.7 Å². The molecule has 0 aromatic heterocycles. The Hall–Kier alpha value is -5.93. The second-order valence-corrected chi connectivity index (χ2v) is 19.4. The summed E-state index contributed by atoms with van der Waals surface area (Å²) in [5.41, 5.74) is -28.2. The number of aryl methyl sites for hydroxylation is 1. The number of benzene rings is 6. The zero-order valence-electron chi connectivity index (χ0n) is 37.5. The molecule has 1 unspecified atom stereocenters. The number of hydrogen-bond donors (Lipinski definition) is 1. The van der Waals surface area contributed by atoms with E-state index in [9.17, 15) is 110 Å². The first-order valence-electron chi connectivity index (χ1n) is 20.8. The smallest absolute Gasteiger partial charge is 0.289 e. The first-order chi connectivity index (χ1) is 34.5. The Morgan fingerprint density at radius 3 is 0.829 bits per heavy atom. The van der Waals surface area contributed by atoms with Gasteiger partial charge in [0, 0.05) is 16.5 Å². The number of carbonyl (C=O) groups excluding carboxylic acids is 1. The predicted molar refractivity (Wildman–Crippen MR) is 236 cm³/mol. The Morgan fingerprint density at radius 2 is 0.618 bits per heavy atom. The van der Waals surface area contributed by atoms with Gasteiger partial charge in [0.05, 0.1) is 44.5 Å². The normalized spacial score (nSPS) is 13.8. The Labute approximate surface area is 421 Å². The Balaban J connectivity index is 0.000000468. The molecule has 28 heteroatoms. The lowest BCUT2D eigenvalue weighted by molar-refractivity contribution is -0.144. The zero-order chi connectivity index (χ0) is 57.6. The van der Waals surface area contributed by atoms with Crippen LogP contribution in [0.5, 0.6) is 0 Å². The van der Waals surface area contributed by atoms with Crippen LogP contribution in [-0.2, 0) is 60.3 Å². The zero-order valence-corrected chi connectivity index (χ0v) is 39.2. The van der Waals surface area contributed by atoms with Crippen molar-refractivity contribution < 1.29 is 110 Å². The van der Waals surface area contributed by atoms with E-state index in [1.165, 1.54) is 10.5 Å². The van der Waals surface area contributed by atoms with Gasteiger partial charge < -0.3 is 0 Å². The number of ketones is 1. The monoisotopic (exact) mass is 1150 g/mol. The highest BCUT2D eigenvalue weighted by Crippen LogP contribution is 2.41. The summed E-state index contributed by atoms with van der Waals surface area (Å²) in [7, 11) is -0.119. The highest BCUT2D eigenvalue weighted by molar-refractivity contribution is 8.07. The maximum Gasteiger partial charge on any atom is 0.416 e. The van der Waals surface area contributed by atoms with E-state index in [1.54, 1.807) is 0 Å². The largest absolute Gasteiger partial charge is 0.416 e. The molecule has 0 bridgehead atoms. The maximum atomic E-state index is 14.2. The van der Waals surface area contributed by atoms with Gasteiger partial charge in [0.2, 0.25) is 5.78 Å². The molecule has 0 N–H and O–H groups in total. The summed E-state index contributed by atoms with van der Waals surface area (Å²) in [5, 5.41) is 0.710. The van der Waals surface area contributed by atoms with Gasteiger partial charge in [-0.1, -0.05) is 96.6 Å². The fraction of sp³-hybridized carbons (Fsp3) is 0.229. The molecular weight excluding hydrogens is 1120 g/mol. The highest BCUT2D eigenvalue weighted by atomic mass is 32.2. The van der Waals surface area contributed by atoms with E-state index in [2.05, 4.69) is 43.8 Å². The van der Waals surface area contributed by atoms with Gasteiger partial charge in [-0.3, -0.25) is 4.79 Å². The summed E-state index contributed by atoms with van der Waals surface area (Å²) in [6, 6.07) is 9.05. The summed E-state index contributed by atoms with van der Waals surface area (Å²) in [6.45, 7) is 2.07. The average molecular weight is 1150 g/mol. The molecule has 6 aromatic rings. The minimum Gasteiger partial charge on any atom is -0.289 e. The van der Waals surface area contributed by atoms with Crippen molar-refractivity contribution in [1.82, 2.24) is 0 Å². The molecule has 6 rings (SSSR count). The standard InChI is InChI=1S/C32H12BF24.C16H16OS2/c34-25(35,36)13-1-14(26(37,38)39)6-21(5-13)33(22-7-15(27(40,41)42)2-16(8-22)28(43,44)45,23-9-17(29(46,47)48)3-18(10-23)30(49,50)51)24-11-19(31(52,53)54)4-20(12-24)32(55,56)57;1-13-7-9-15(10-8-13)19(12-18)11-16(17)14-5-3-2-4-6-14/h1-12H;2-10H,11-12H2,1H3/q-1;/p+1. The second-order valence-electron chi connectivity index (χ2n) is 16.6. The van der Waals surface area contributed by atoms with Crippen LogP contribution in [0.3, 0.4) is 0 Å². The van der Waals surface area contributed by atoms with Crippen LogP contribution in [0, 0.1) is 6.92 Å². The summed E-state index contributed by atoms with van der Waals surface area (Å²) in [4.78, 5) is 13.4. The summed E-state index contributed by atoms with van der Waals surface area (Å²) in [5.74, 6) is 0.731. The average Bonchev–Trinajstić information content (AvgIpc) is 3.29. The lowest BCUT2D eigenvalue weighted by Crippen LogP contribution is -2.75. The lowest BCUT2D eigenvalue weighted by Gasteiger charge is -2.46.